The van der Waals surface area contributed by atoms with Gasteiger partial charge in [-0.25, -0.2) is 8.78 Å². The molecule has 110 valence electrons. The molecule has 0 bridgehead atoms. The molecule has 0 aromatic carbocycles. The minimum absolute atomic E-state index is 0.134. The predicted molar refractivity (Wildman–Crippen MR) is 61.5 cm³/mol. The number of hydrogen-bond donors (Lipinski definition) is 1. The monoisotopic (exact) mass is 283 g/mol. The molecular formula is C11H17F4N3O. The molecule has 0 aliphatic heterocycles. The zero-order chi connectivity index (χ0) is 14.5. The van der Waals surface area contributed by atoms with E-state index in [4.69, 9.17) is 4.74 Å². The van der Waals surface area contributed by atoms with Crippen LogP contribution in [0.25, 0.3) is 0 Å². The molecule has 1 N–H and O–H groups in total. The van der Waals surface area contributed by atoms with Gasteiger partial charge in [0, 0.05) is 12.7 Å². The van der Waals surface area contributed by atoms with Crippen molar-refractivity contribution >= 4 is 0 Å². The molecule has 1 rings (SSSR count). The number of ether oxygens (including phenoxy) is 1. The second kappa shape index (κ2) is 6.85. The van der Waals surface area contributed by atoms with Gasteiger partial charge in [0.2, 0.25) is 0 Å². The Morgan fingerprint density at radius 2 is 2.16 bits per heavy atom. The number of likely N-dealkylation sites (N-methyl/N-ethyl adjacent to an activating group) is 1. The van der Waals surface area contributed by atoms with Gasteiger partial charge in [-0.3, -0.25) is 4.68 Å². The molecule has 0 saturated carbocycles. The Bertz CT molecular complexity index is 384. The van der Waals surface area contributed by atoms with Gasteiger partial charge in [-0.1, -0.05) is 0 Å². The lowest BCUT2D eigenvalue weighted by Crippen LogP contribution is -2.34. The molecule has 1 aromatic heterocycles. The molecule has 0 saturated heterocycles. The minimum atomic E-state index is -4.12. The maximum atomic E-state index is 12.7. The van der Waals surface area contributed by atoms with Crippen molar-refractivity contribution in [2.75, 3.05) is 20.3 Å². The number of rotatable bonds is 8. The van der Waals surface area contributed by atoms with Crippen molar-refractivity contribution in [2.45, 2.75) is 31.9 Å². The first-order chi connectivity index (χ1) is 8.92. The number of halogens is 4. The van der Waals surface area contributed by atoms with Crippen molar-refractivity contribution in [3.63, 3.8) is 0 Å². The molecule has 1 heterocycles. The number of hydrogen-bond acceptors (Lipinski definition) is 3. The van der Waals surface area contributed by atoms with Gasteiger partial charge in [-0.2, -0.15) is 13.9 Å². The maximum Gasteiger partial charge on any atom is 0.330 e. The summed E-state index contributed by atoms with van der Waals surface area (Å²) in [5, 5.41) is 6.92. The molecule has 0 spiro atoms. The first-order valence-corrected chi connectivity index (χ1v) is 5.85. The normalized spacial score (nSPS) is 14.1. The number of alkyl halides is 4. The van der Waals surface area contributed by atoms with Crippen molar-refractivity contribution in [1.29, 1.82) is 0 Å². The molecule has 4 nitrogen and oxygen atoms in total. The van der Waals surface area contributed by atoms with Crippen LogP contribution in [0.4, 0.5) is 17.6 Å². The van der Waals surface area contributed by atoms with Crippen LogP contribution < -0.4 is 5.32 Å². The van der Waals surface area contributed by atoms with E-state index in [1.807, 2.05) is 6.92 Å². The SMILES string of the molecule is CCn1nccc1C(COCC(F)(F)C(F)F)NC. The average molecular weight is 283 g/mol. The number of nitrogens with one attached hydrogen (secondary N) is 1. The Balaban J connectivity index is 2.55. The zero-order valence-corrected chi connectivity index (χ0v) is 10.7. The zero-order valence-electron chi connectivity index (χ0n) is 10.7. The second-order valence-electron chi connectivity index (χ2n) is 3.99. The highest BCUT2D eigenvalue weighted by Gasteiger charge is 2.41. The fraction of sp³-hybridized carbons (Fsp3) is 0.727. The van der Waals surface area contributed by atoms with E-state index >= 15 is 0 Å². The third-order valence-corrected chi connectivity index (χ3v) is 2.65. The Hall–Kier alpha value is -1.15. The van der Waals surface area contributed by atoms with Crippen molar-refractivity contribution in [1.82, 2.24) is 15.1 Å². The largest absolute Gasteiger partial charge is 0.373 e. The topological polar surface area (TPSA) is 39.1 Å². The van der Waals surface area contributed by atoms with Crippen LogP contribution in [-0.2, 0) is 11.3 Å². The van der Waals surface area contributed by atoms with Crippen LogP contribution in [0.15, 0.2) is 12.3 Å². The van der Waals surface area contributed by atoms with Gasteiger partial charge < -0.3 is 10.1 Å². The van der Waals surface area contributed by atoms with Crippen LogP contribution in [-0.4, -0.2) is 42.4 Å². The van der Waals surface area contributed by atoms with E-state index in [2.05, 4.69) is 10.4 Å². The minimum Gasteiger partial charge on any atom is -0.373 e. The van der Waals surface area contributed by atoms with Crippen molar-refractivity contribution < 1.29 is 22.3 Å². The molecule has 0 fully saturated rings. The molecule has 0 aliphatic carbocycles. The van der Waals surface area contributed by atoms with Gasteiger partial charge in [0.05, 0.1) is 18.3 Å². The van der Waals surface area contributed by atoms with E-state index in [9.17, 15) is 17.6 Å². The van der Waals surface area contributed by atoms with Crippen molar-refractivity contribution in [3.8, 4) is 0 Å². The van der Waals surface area contributed by atoms with Crippen molar-refractivity contribution in [2.24, 2.45) is 0 Å². The summed E-state index contributed by atoms with van der Waals surface area (Å²) in [4.78, 5) is 0. The van der Waals surface area contributed by atoms with E-state index in [1.165, 1.54) is 0 Å². The van der Waals surface area contributed by atoms with E-state index in [0.717, 1.165) is 5.69 Å². The maximum absolute atomic E-state index is 12.7. The Morgan fingerprint density at radius 3 is 2.68 bits per heavy atom. The van der Waals surface area contributed by atoms with Crippen LogP contribution >= 0.6 is 0 Å². The molecule has 1 aromatic rings. The molecule has 0 amide bonds. The van der Waals surface area contributed by atoms with Gasteiger partial charge >= 0.3 is 12.3 Å². The first-order valence-electron chi connectivity index (χ1n) is 5.85. The highest BCUT2D eigenvalue weighted by Crippen LogP contribution is 2.23. The van der Waals surface area contributed by atoms with E-state index < -0.39 is 19.0 Å². The van der Waals surface area contributed by atoms with Gasteiger partial charge in [-0.15, -0.1) is 0 Å². The summed E-state index contributed by atoms with van der Waals surface area (Å²) in [5.74, 6) is -4.12. The summed E-state index contributed by atoms with van der Waals surface area (Å²) in [6.45, 7) is 1.07. The van der Waals surface area contributed by atoms with E-state index in [-0.39, 0.29) is 12.6 Å². The Labute approximate surface area is 108 Å². The Morgan fingerprint density at radius 1 is 1.47 bits per heavy atom. The number of aryl methyl sites for hydroxylation is 1. The van der Waals surface area contributed by atoms with E-state index in [0.29, 0.717) is 6.54 Å². The summed E-state index contributed by atoms with van der Waals surface area (Å²) in [6.07, 6.45) is -2.14. The van der Waals surface area contributed by atoms with Crippen LogP contribution in [0.1, 0.15) is 18.7 Å². The van der Waals surface area contributed by atoms with Gasteiger partial charge in [-0.05, 0) is 20.0 Å². The van der Waals surface area contributed by atoms with Crippen LogP contribution in [0.2, 0.25) is 0 Å². The lowest BCUT2D eigenvalue weighted by molar-refractivity contribution is -0.167. The molecule has 0 aliphatic rings. The Kier molecular flexibility index (Phi) is 5.74. The highest BCUT2D eigenvalue weighted by molar-refractivity contribution is 5.06. The van der Waals surface area contributed by atoms with Gasteiger partial charge in [0.15, 0.2) is 0 Å². The van der Waals surface area contributed by atoms with E-state index in [1.54, 1.807) is 24.0 Å². The fourth-order valence-electron chi connectivity index (χ4n) is 1.60. The predicted octanol–water partition coefficient (Wildman–Crippen LogP) is 2.08. The quantitative estimate of drug-likeness (QED) is 0.742. The summed E-state index contributed by atoms with van der Waals surface area (Å²) in [5.41, 5.74) is 0.755. The summed E-state index contributed by atoms with van der Waals surface area (Å²) in [6, 6.07) is 1.34. The standard InChI is InChI=1S/C11H17F4N3O/c1-3-18-9(4-5-17-18)8(16-2)6-19-7-11(14,15)10(12)13/h4-5,8,10,16H,3,6-7H2,1-2H3. The van der Waals surface area contributed by atoms with Crippen molar-refractivity contribution in [3.05, 3.63) is 18.0 Å². The number of aromatic nitrogens is 2. The lowest BCUT2D eigenvalue weighted by atomic mass is 10.2. The molecule has 19 heavy (non-hydrogen) atoms. The summed E-state index contributed by atoms with van der Waals surface area (Å²) >= 11 is 0. The van der Waals surface area contributed by atoms with Crippen LogP contribution in [0.3, 0.4) is 0 Å². The third-order valence-electron chi connectivity index (χ3n) is 2.65. The average Bonchev–Trinajstić information content (AvgIpc) is 2.82. The van der Waals surface area contributed by atoms with Crippen LogP contribution in [0, 0.1) is 0 Å². The lowest BCUT2D eigenvalue weighted by Gasteiger charge is -2.20. The number of nitrogens with zero attached hydrogens (tertiary/aromatic N) is 2. The van der Waals surface area contributed by atoms with Gasteiger partial charge in [0.25, 0.3) is 0 Å². The third kappa shape index (κ3) is 4.17. The molecule has 8 heteroatoms. The highest BCUT2D eigenvalue weighted by atomic mass is 19.3. The van der Waals surface area contributed by atoms with Gasteiger partial charge in [0.1, 0.15) is 6.61 Å². The summed E-state index contributed by atoms with van der Waals surface area (Å²) in [7, 11) is 1.63. The first kappa shape index (κ1) is 15.9. The molecule has 1 unspecified atom stereocenters. The van der Waals surface area contributed by atoms with Crippen LogP contribution in [0.5, 0.6) is 0 Å². The smallest absolute Gasteiger partial charge is 0.330 e. The molecule has 1 atom stereocenters. The summed E-state index contributed by atoms with van der Waals surface area (Å²) < 4.78 is 55.6. The second-order valence-corrected chi connectivity index (χ2v) is 3.99. The molecular weight excluding hydrogens is 266 g/mol. The molecule has 0 radical (unpaired) electrons. The fourth-order valence-corrected chi connectivity index (χ4v) is 1.60.